The molecule has 0 aliphatic heterocycles. The highest BCUT2D eigenvalue weighted by Gasteiger charge is 2.46. The highest BCUT2D eigenvalue weighted by molar-refractivity contribution is 5.98. The fourth-order valence-electron chi connectivity index (χ4n) is 6.32. The third-order valence-corrected chi connectivity index (χ3v) is 8.11. The summed E-state index contributed by atoms with van der Waals surface area (Å²) < 4.78 is 0. The average molecular weight is 503 g/mol. The molecule has 0 heteroatoms. The number of fused-ring (bicyclic) bond motifs is 4. The quantitative estimate of drug-likeness (QED) is 0.225. The van der Waals surface area contributed by atoms with Crippen molar-refractivity contribution in [2.24, 2.45) is 0 Å². The molecule has 1 aliphatic carbocycles. The Morgan fingerprint density at radius 1 is 0.436 bits per heavy atom. The first-order valence-electron chi connectivity index (χ1n) is 14.0. The third-order valence-electron chi connectivity index (χ3n) is 8.11. The van der Waals surface area contributed by atoms with Gasteiger partial charge in [-0.3, -0.25) is 0 Å². The first-order valence-corrected chi connectivity index (χ1v) is 14.0. The lowest BCUT2D eigenvalue weighted by molar-refractivity contribution is 0.768. The van der Waals surface area contributed by atoms with Gasteiger partial charge in [0.05, 0.1) is 5.41 Å². The number of hydrogen-bond acceptors (Lipinski definition) is 0. The monoisotopic (exact) mass is 502 g/mol. The molecular weight excluding hydrogens is 468 g/mol. The van der Waals surface area contributed by atoms with Gasteiger partial charge >= 0.3 is 0 Å². The number of rotatable bonds is 3. The van der Waals surface area contributed by atoms with Gasteiger partial charge in [0.25, 0.3) is 0 Å². The first kappa shape index (κ1) is 24.9. The summed E-state index contributed by atoms with van der Waals surface area (Å²) in [5.41, 5.74) is 12.7. The van der Waals surface area contributed by atoms with E-state index in [9.17, 15) is 0 Å². The second kappa shape index (κ2) is 10.0. The Labute approximate surface area is 232 Å². The van der Waals surface area contributed by atoms with Crippen LogP contribution in [0.4, 0.5) is 0 Å². The van der Waals surface area contributed by atoms with Crippen LogP contribution in [0.25, 0.3) is 33.0 Å². The summed E-state index contributed by atoms with van der Waals surface area (Å²) in [6, 6.07) is 49.7. The minimum atomic E-state index is -0.381. The van der Waals surface area contributed by atoms with E-state index >= 15 is 0 Å². The first-order chi connectivity index (χ1) is 19.2. The SMILES string of the molecule is CC.Cc1ccc(C2(c3ccc(C)cc3)c3ccccc3-c3ccc(-c4cccc5ccccc45)cc32)cc1. The Balaban J connectivity index is 0.00000135. The molecule has 0 aromatic heterocycles. The largest absolute Gasteiger partial charge is 0.0713 e. The van der Waals surface area contributed by atoms with Gasteiger partial charge in [-0.15, -0.1) is 0 Å². The van der Waals surface area contributed by atoms with Crippen LogP contribution >= 0.6 is 0 Å². The van der Waals surface area contributed by atoms with Gasteiger partial charge in [-0.1, -0.05) is 152 Å². The molecule has 0 spiro atoms. The Morgan fingerprint density at radius 2 is 0.974 bits per heavy atom. The van der Waals surface area contributed by atoms with Gasteiger partial charge < -0.3 is 0 Å². The smallest absolute Gasteiger partial charge is 0.0683 e. The molecule has 1 aliphatic rings. The fourth-order valence-corrected chi connectivity index (χ4v) is 6.32. The Kier molecular flexibility index (Phi) is 6.41. The highest BCUT2D eigenvalue weighted by Crippen LogP contribution is 2.56. The molecule has 0 amide bonds. The van der Waals surface area contributed by atoms with Crippen LogP contribution in [0.2, 0.25) is 0 Å². The summed E-state index contributed by atoms with van der Waals surface area (Å²) in [6.07, 6.45) is 0. The molecule has 39 heavy (non-hydrogen) atoms. The average Bonchev–Trinajstić information content (AvgIpc) is 3.29. The molecule has 0 saturated heterocycles. The van der Waals surface area contributed by atoms with Crippen molar-refractivity contribution >= 4 is 10.8 Å². The van der Waals surface area contributed by atoms with Gasteiger partial charge in [-0.2, -0.15) is 0 Å². The van der Waals surface area contributed by atoms with E-state index in [1.807, 2.05) is 13.8 Å². The maximum absolute atomic E-state index is 2.46. The predicted octanol–water partition coefficient (Wildman–Crippen LogP) is 10.5. The third kappa shape index (κ3) is 3.91. The van der Waals surface area contributed by atoms with Crippen LogP contribution in [-0.2, 0) is 5.41 Å². The zero-order valence-electron chi connectivity index (χ0n) is 23.2. The van der Waals surface area contributed by atoms with Crippen molar-refractivity contribution in [3.63, 3.8) is 0 Å². The molecule has 0 bridgehead atoms. The lowest BCUT2D eigenvalue weighted by Crippen LogP contribution is -2.28. The van der Waals surface area contributed by atoms with Crippen molar-refractivity contribution in [3.8, 4) is 22.3 Å². The van der Waals surface area contributed by atoms with Crippen LogP contribution in [0.3, 0.4) is 0 Å². The summed E-state index contributed by atoms with van der Waals surface area (Å²) in [5.74, 6) is 0. The van der Waals surface area contributed by atoms with Crippen molar-refractivity contribution in [2.45, 2.75) is 33.1 Å². The van der Waals surface area contributed by atoms with E-state index in [2.05, 4.69) is 147 Å². The Hall–Kier alpha value is -4.42. The van der Waals surface area contributed by atoms with Crippen molar-refractivity contribution in [1.29, 1.82) is 0 Å². The highest BCUT2D eigenvalue weighted by atomic mass is 14.5. The van der Waals surface area contributed by atoms with Crippen molar-refractivity contribution in [2.75, 3.05) is 0 Å². The maximum atomic E-state index is 2.46. The Bertz CT molecular complexity index is 1720. The zero-order valence-corrected chi connectivity index (χ0v) is 23.2. The van der Waals surface area contributed by atoms with Crippen LogP contribution in [0.1, 0.15) is 47.2 Å². The van der Waals surface area contributed by atoms with E-state index in [1.165, 1.54) is 66.4 Å². The molecule has 0 nitrogen and oxygen atoms in total. The summed E-state index contributed by atoms with van der Waals surface area (Å²) in [6.45, 7) is 8.33. The van der Waals surface area contributed by atoms with Crippen LogP contribution in [-0.4, -0.2) is 0 Å². The van der Waals surface area contributed by atoms with E-state index in [1.54, 1.807) is 0 Å². The van der Waals surface area contributed by atoms with Gasteiger partial charge in [0.15, 0.2) is 0 Å². The molecule has 6 aromatic rings. The van der Waals surface area contributed by atoms with E-state index < -0.39 is 0 Å². The second-order valence-corrected chi connectivity index (χ2v) is 10.3. The van der Waals surface area contributed by atoms with Crippen molar-refractivity contribution < 1.29 is 0 Å². The van der Waals surface area contributed by atoms with Crippen LogP contribution in [0.5, 0.6) is 0 Å². The van der Waals surface area contributed by atoms with Crippen LogP contribution in [0.15, 0.2) is 133 Å². The topological polar surface area (TPSA) is 0 Å². The van der Waals surface area contributed by atoms with Gasteiger partial charge in [0.2, 0.25) is 0 Å². The number of aryl methyl sites for hydroxylation is 2. The molecule has 0 N–H and O–H groups in total. The minimum Gasteiger partial charge on any atom is -0.0683 e. The predicted molar refractivity (Wildman–Crippen MR) is 168 cm³/mol. The van der Waals surface area contributed by atoms with Crippen LogP contribution < -0.4 is 0 Å². The van der Waals surface area contributed by atoms with E-state index in [0.717, 1.165) is 0 Å². The van der Waals surface area contributed by atoms with Gasteiger partial charge in [-0.25, -0.2) is 0 Å². The van der Waals surface area contributed by atoms with Crippen molar-refractivity contribution in [3.05, 3.63) is 167 Å². The van der Waals surface area contributed by atoms with Gasteiger partial charge in [0.1, 0.15) is 0 Å². The normalized spacial score (nSPS) is 12.8. The number of hydrogen-bond donors (Lipinski definition) is 0. The van der Waals surface area contributed by atoms with Gasteiger partial charge in [-0.05, 0) is 75.2 Å². The maximum Gasteiger partial charge on any atom is 0.0713 e. The van der Waals surface area contributed by atoms with Crippen molar-refractivity contribution in [1.82, 2.24) is 0 Å². The summed E-state index contributed by atoms with van der Waals surface area (Å²) in [5, 5.41) is 2.56. The van der Waals surface area contributed by atoms with E-state index in [4.69, 9.17) is 0 Å². The van der Waals surface area contributed by atoms with E-state index in [-0.39, 0.29) is 5.41 Å². The van der Waals surface area contributed by atoms with Crippen LogP contribution in [0, 0.1) is 13.8 Å². The lowest BCUT2D eigenvalue weighted by Gasteiger charge is -2.34. The molecule has 190 valence electrons. The molecule has 0 fully saturated rings. The molecule has 0 atom stereocenters. The van der Waals surface area contributed by atoms with Gasteiger partial charge in [0, 0.05) is 0 Å². The molecule has 0 saturated carbocycles. The summed E-state index contributed by atoms with van der Waals surface area (Å²) >= 11 is 0. The fraction of sp³-hybridized carbons (Fsp3) is 0.128. The van der Waals surface area contributed by atoms with E-state index in [0.29, 0.717) is 0 Å². The molecule has 0 radical (unpaired) electrons. The Morgan fingerprint density at radius 3 is 1.67 bits per heavy atom. The molecule has 7 rings (SSSR count). The minimum absolute atomic E-state index is 0.381. The molecular formula is C39H34. The molecule has 0 heterocycles. The summed E-state index contributed by atoms with van der Waals surface area (Å²) in [7, 11) is 0. The lowest BCUT2D eigenvalue weighted by atomic mass is 9.67. The second-order valence-electron chi connectivity index (χ2n) is 10.3. The zero-order chi connectivity index (χ0) is 27.0. The molecule has 0 unspecified atom stereocenters. The standard InChI is InChI=1S/C37H28.C2H6/c1-25-14-19-29(20-15-25)37(30-21-16-26(2)17-22-30)35-13-6-5-11-33(35)34-23-18-28(24-36(34)37)32-12-7-9-27-8-3-4-10-31(27)32;1-2/h3-24H,1-2H3;1-2H3. The molecule has 6 aromatic carbocycles. The number of benzene rings is 6. The summed E-state index contributed by atoms with van der Waals surface area (Å²) in [4.78, 5) is 0.